The fourth-order valence-corrected chi connectivity index (χ4v) is 3.06. The van der Waals surface area contributed by atoms with Crippen molar-refractivity contribution in [3.05, 3.63) is 27.7 Å². The third kappa shape index (κ3) is 4.23. The molecule has 0 aliphatic rings. The third-order valence-electron chi connectivity index (χ3n) is 2.90. The van der Waals surface area contributed by atoms with Gasteiger partial charge in [0.05, 0.1) is 9.92 Å². The molecule has 0 fully saturated rings. The molecule has 0 atom stereocenters. The molecule has 0 radical (unpaired) electrons. The minimum absolute atomic E-state index is 0.0588. The molecular formula is C12H17BrClNO2S. The molecule has 0 saturated carbocycles. The van der Waals surface area contributed by atoms with Crippen LogP contribution in [0.4, 0.5) is 0 Å². The first-order valence-corrected chi connectivity index (χ1v) is 8.28. The lowest BCUT2D eigenvalue weighted by Gasteiger charge is -2.22. The quantitative estimate of drug-likeness (QED) is 0.874. The molecule has 1 aromatic rings. The van der Waals surface area contributed by atoms with Crippen molar-refractivity contribution in [2.45, 2.75) is 32.1 Å². The Kier molecular flexibility index (Phi) is 5.23. The maximum atomic E-state index is 12.1. The van der Waals surface area contributed by atoms with Crippen molar-refractivity contribution >= 4 is 37.6 Å². The Bertz CT molecular complexity index is 529. The lowest BCUT2D eigenvalue weighted by atomic mass is 9.91. The predicted molar refractivity (Wildman–Crippen MR) is 78.4 cm³/mol. The fraction of sp³-hybridized carbons (Fsp3) is 0.500. The van der Waals surface area contributed by atoms with Gasteiger partial charge in [-0.05, 0) is 46.0 Å². The third-order valence-corrected chi connectivity index (χ3v) is 5.51. The zero-order valence-corrected chi connectivity index (χ0v) is 13.8. The number of halogens is 2. The second-order valence-electron chi connectivity index (χ2n) is 4.92. The second-order valence-corrected chi connectivity index (χ2v) is 7.95. The van der Waals surface area contributed by atoms with Crippen molar-refractivity contribution in [1.82, 2.24) is 4.72 Å². The van der Waals surface area contributed by atoms with Gasteiger partial charge in [0.15, 0.2) is 0 Å². The first-order chi connectivity index (χ1) is 8.18. The van der Waals surface area contributed by atoms with Gasteiger partial charge < -0.3 is 0 Å². The molecule has 18 heavy (non-hydrogen) atoms. The maximum absolute atomic E-state index is 12.1. The molecule has 0 saturated heterocycles. The molecule has 6 heteroatoms. The molecule has 1 N–H and O–H groups in total. The van der Waals surface area contributed by atoms with E-state index in [2.05, 4.69) is 20.7 Å². The molecule has 0 amide bonds. The van der Waals surface area contributed by atoms with Crippen molar-refractivity contribution in [2.24, 2.45) is 5.41 Å². The zero-order valence-electron chi connectivity index (χ0n) is 10.6. The van der Waals surface area contributed by atoms with Crippen LogP contribution in [-0.2, 0) is 10.0 Å². The molecule has 1 aromatic carbocycles. The summed E-state index contributed by atoms with van der Waals surface area (Å²) in [5, 5.41) is 0.489. The largest absolute Gasteiger partial charge is 0.240 e. The summed E-state index contributed by atoms with van der Waals surface area (Å²) in [4.78, 5) is 0.214. The number of hydrogen-bond donors (Lipinski definition) is 1. The van der Waals surface area contributed by atoms with Gasteiger partial charge in [0.25, 0.3) is 0 Å². The molecule has 102 valence electrons. The van der Waals surface area contributed by atoms with Crippen molar-refractivity contribution in [3.63, 3.8) is 0 Å². The maximum Gasteiger partial charge on any atom is 0.240 e. The Morgan fingerprint density at radius 3 is 2.50 bits per heavy atom. The van der Waals surface area contributed by atoms with Crippen LogP contribution < -0.4 is 4.72 Å². The van der Waals surface area contributed by atoms with E-state index in [1.165, 1.54) is 12.1 Å². The summed E-state index contributed by atoms with van der Waals surface area (Å²) in [7, 11) is -3.48. The number of benzene rings is 1. The average Bonchev–Trinajstić information content (AvgIpc) is 2.30. The fourth-order valence-electron chi connectivity index (χ4n) is 1.14. The molecule has 1 rings (SSSR count). The molecule has 0 spiro atoms. The van der Waals surface area contributed by atoms with Crippen LogP contribution in [0.2, 0.25) is 5.02 Å². The molecule has 0 aliphatic carbocycles. The van der Waals surface area contributed by atoms with E-state index in [0.29, 0.717) is 16.0 Å². The number of hydrogen-bond acceptors (Lipinski definition) is 2. The summed E-state index contributed by atoms with van der Waals surface area (Å²) in [5.41, 5.74) is -0.0588. The predicted octanol–water partition coefficient (Wildman–Crippen LogP) is 3.82. The molecular weight excluding hydrogens is 338 g/mol. The van der Waals surface area contributed by atoms with Crippen molar-refractivity contribution in [3.8, 4) is 0 Å². The van der Waals surface area contributed by atoms with Gasteiger partial charge in [-0.1, -0.05) is 32.4 Å². The second kappa shape index (κ2) is 5.90. The molecule has 0 aliphatic heterocycles. The SMILES string of the molecule is CCC(C)(C)CNS(=O)(=O)c1ccc(Cl)c(Br)c1. The zero-order chi connectivity index (χ0) is 14.0. The lowest BCUT2D eigenvalue weighted by Crippen LogP contribution is -2.33. The van der Waals surface area contributed by atoms with E-state index < -0.39 is 10.0 Å². The summed E-state index contributed by atoms with van der Waals surface area (Å²) in [6.07, 6.45) is 0.903. The summed E-state index contributed by atoms with van der Waals surface area (Å²) in [6, 6.07) is 4.56. The average molecular weight is 355 g/mol. The highest BCUT2D eigenvalue weighted by atomic mass is 79.9. The minimum Gasteiger partial charge on any atom is -0.211 e. The van der Waals surface area contributed by atoms with E-state index in [0.717, 1.165) is 6.42 Å². The van der Waals surface area contributed by atoms with Crippen molar-refractivity contribution in [2.75, 3.05) is 6.54 Å². The smallest absolute Gasteiger partial charge is 0.211 e. The molecule has 0 bridgehead atoms. The highest BCUT2D eigenvalue weighted by Crippen LogP contribution is 2.26. The molecule has 0 unspecified atom stereocenters. The van der Waals surface area contributed by atoms with Crippen LogP contribution >= 0.6 is 27.5 Å². The summed E-state index contributed by atoms with van der Waals surface area (Å²) < 4.78 is 27.4. The first-order valence-electron chi connectivity index (χ1n) is 5.63. The number of sulfonamides is 1. The Morgan fingerprint density at radius 2 is 2.00 bits per heavy atom. The highest BCUT2D eigenvalue weighted by molar-refractivity contribution is 9.10. The van der Waals surface area contributed by atoms with Gasteiger partial charge in [0.1, 0.15) is 0 Å². The van der Waals surface area contributed by atoms with Crippen LogP contribution in [0.3, 0.4) is 0 Å². The van der Waals surface area contributed by atoms with Gasteiger partial charge in [-0.2, -0.15) is 0 Å². The summed E-state index contributed by atoms with van der Waals surface area (Å²) in [5.74, 6) is 0. The molecule has 3 nitrogen and oxygen atoms in total. The Labute approximate surface area is 122 Å². The van der Waals surface area contributed by atoms with E-state index >= 15 is 0 Å². The van der Waals surface area contributed by atoms with Gasteiger partial charge in [0, 0.05) is 11.0 Å². The van der Waals surface area contributed by atoms with E-state index in [4.69, 9.17) is 11.6 Å². The van der Waals surface area contributed by atoms with Crippen LogP contribution in [-0.4, -0.2) is 15.0 Å². The monoisotopic (exact) mass is 353 g/mol. The van der Waals surface area contributed by atoms with Crippen molar-refractivity contribution in [1.29, 1.82) is 0 Å². The molecule has 0 aromatic heterocycles. The van der Waals surface area contributed by atoms with Crippen LogP contribution in [0.1, 0.15) is 27.2 Å². The Balaban J connectivity index is 2.90. The van der Waals surface area contributed by atoms with E-state index in [9.17, 15) is 8.42 Å². The summed E-state index contributed by atoms with van der Waals surface area (Å²) >= 11 is 9.06. The van der Waals surface area contributed by atoms with Crippen LogP contribution in [0, 0.1) is 5.41 Å². The number of nitrogens with one attached hydrogen (secondary N) is 1. The minimum atomic E-state index is -3.48. The van der Waals surface area contributed by atoms with E-state index in [1.54, 1.807) is 6.07 Å². The van der Waals surface area contributed by atoms with Gasteiger partial charge in [0.2, 0.25) is 10.0 Å². The van der Waals surface area contributed by atoms with Gasteiger partial charge >= 0.3 is 0 Å². The normalized spacial score (nSPS) is 12.7. The van der Waals surface area contributed by atoms with Gasteiger partial charge in [-0.15, -0.1) is 0 Å². The molecule has 0 heterocycles. The number of rotatable bonds is 5. The van der Waals surface area contributed by atoms with E-state index in [-0.39, 0.29) is 10.3 Å². The van der Waals surface area contributed by atoms with Crippen LogP contribution in [0.25, 0.3) is 0 Å². The van der Waals surface area contributed by atoms with Crippen LogP contribution in [0.5, 0.6) is 0 Å². The topological polar surface area (TPSA) is 46.2 Å². The van der Waals surface area contributed by atoms with Crippen molar-refractivity contribution < 1.29 is 8.42 Å². The first kappa shape index (κ1) is 16.0. The van der Waals surface area contributed by atoms with E-state index in [1.807, 2.05) is 20.8 Å². The summed E-state index contributed by atoms with van der Waals surface area (Å²) in [6.45, 7) is 6.49. The Morgan fingerprint density at radius 1 is 1.39 bits per heavy atom. The van der Waals surface area contributed by atoms with Crippen LogP contribution in [0.15, 0.2) is 27.6 Å². The standard InChI is InChI=1S/C12H17BrClNO2S/c1-4-12(2,3)8-15-18(16,17)9-5-6-11(14)10(13)7-9/h5-7,15H,4,8H2,1-3H3. The van der Waals surface area contributed by atoms with Gasteiger partial charge in [-0.3, -0.25) is 0 Å². The Hall–Kier alpha value is -0.100. The lowest BCUT2D eigenvalue weighted by molar-refractivity contribution is 0.350. The highest BCUT2D eigenvalue weighted by Gasteiger charge is 2.21. The van der Waals surface area contributed by atoms with Gasteiger partial charge in [-0.25, -0.2) is 13.1 Å².